The highest BCUT2D eigenvalue weighted by atomic mass is 19.1. The van der Waals surface area contributed by atoms with Crippen molar-refractivity contribution in [3.05, 3.63) is 312 Å². The second kappa shape index (κ2) is 28.1. The molecule has 0 aliphatic heterocycles. The lowest BCUT2D eigenvalue weighted by atomic mass is 9.98. The van der Waals surface area contributed by atoms with Crippen LogP contribution in [0.2, 0.25) is 0 Å². The second-order valence-electron chi connectivity index (χ2n) is 27.9. The van der Waals surface area contributed by atoms with Crippen LogP contribution in [0.25, 0.3) is 167 Å². The second-order valence-corrected chi connectivity index (χ2v) is 27.9. The van der Waals surface area contributed by atoms with Gasteiger partial charge in [-0.1, -0.05) is 121 Å². The van der Waals surface area contributed by atoms with E-state index in [0.29, 0.717) is 22.9 Å². The zero-order valence-corrected chi connectivity index (χ0v) is 61.9. The Labute approximate surface area is 619 Å². The van der Waals surface area contributed by atoms with E-state index in [1.54, 1.807) is 30.7 Å². The van der Waals surface area contributed by atoms with Gasteiger partial charge in [-0.05, 0) is 177 Å². The summed E-state index contributed by atoms with van der Waals surface area (Å²) in [6, 6.07) is 74.1. The standard InChI is InChI=1S/C25H21N2O.C24H18FN2O.C24H19N2O.C21H21N2O/c1-16-6-9-18(10-7-16)19-12-14-27(3)22(15-19)23-17(2)8-11-20-21-5-4-13-26-25(21)28-24(20)23;1-15-5-10-19-20-4-3-12-26-24(20)28-23(19)22(15)21-14-17(11-13-27(21)2)16-6-8-18(25)9-7-16;1-16-10-11-19-20-9-6-13-25-24(20)27-23(19)22(16)21-15-18(12-14-26(21)2)17-7-4-3-5-8-17;1-12-6-8-16-17-9-7-15(4)22-21(17)24-20(16)19(12)18-10-13(2)14(3)11-23(18)5/h4-15H,1-3H3;3-14H,1-2H3;3-15H,1-2H3;6-11H,1-5H3/q4*+1. The van der Waals surface area contributed by atoms with Gasteiger partial charge in [-0.2, -0.15) is 0 Å². The molecular formula is C94H79FN8O4+4. The normalized spacial score (nSPS) is 11.4. The smallest absolute Gasteiger partial charge is 0.227 e. The summed E-state index contributed by atoms with van der Waals surface area (Å²) in [6.45, 7) is 16.9. The minimum absolute atomic E-state index is 0.235. The largest absolute Gasteiger partial charge is 0.437 e. The number of rotatable bonds is 7. The number of benzene rings is 7. The minimum atomic E-state index is -0.235. The van der Waals surface area contributed by atoms with Crippen LogP contribution >= 0.6 is 0 Å². The maximum atomic E-state index is 13.3. The first-order valence-electron chi connectivity index (χ1n) is 35.9. The van der Waals surface area contributed by atoms with Crippen LogP contribution < -0.4 is 18.3 Å². The van der Waals surface area contributed by atoms with Crippen LogP contribution in [-0.4, -0.2) is 19.9 Å². The highest BCUT2D eigenvalue weighted by Crippen LogP contribution is 2.42. The maximum Gasteiger partial charge on any atom is 0.227 e. The molecule has 13 heteroatoms. The van der Waals surface area contributed by atoms with Crippen molar-refractivity contribution < 1.29 is 40.3 Å². The van der Waals surface area contributed by atoms with Crippen molar-refractivity contribution in [1.82, 2.24) is 19.9 Å². The van der Waals surface area contributed by atoms with Crippen molar-refractivity contribution in [3.63, 3.8) is 0 Å². The van der Waals surface area contributed by atoms with E-state index in [1.165, 1.54) is 67.8 Å². The van der Waals surface area contributed by atoms with Crippen LogP contribution in [0, 0.1) is 61.2 Å². The van der Waals surface area contributed by atoms with Crippen molar-refractivity contribution in [2.45, 2.75) is 55.4 Å². The summed E-state index contributed by atoms with van der Waals surface area (Å²) >= 11 is 0. The first kappa shape index (κ1) is 68.3. The number of pyridine rings is 8. The summed E-state index contributed by atoms with van der Waals surface area (Å²) in [6.07, 6.45) is 13.7. The Morgan fingerprint density at radius 3 is 1.03 bits per heavy atom. The van der Waals surface area contributed by atoms with Gasteiger partial charge in [-0.3, -0.25) is 0 Å². The lowest BCUT2D eigenvalue weighted by Gasteiger charge is -2.08. The molecule has 0 aliphatic carbocycles. The summed E-state index contributed by atoms with van der Waals surface area (Å²) in [7, 11) is 8.25. The molecule has 7 aromatic carbocycles. The molecule has 19 rings (SSSR count). The van der Waals surface area contributed by atoms with Gasteiger partial charge < -0.3 is 17.7 Å². The first-order chi connectivity index (χ1) is 51.9. The Hall–Kier alpha value is -13.1. The zero-order chi connectivity index (χ0) is 73.9. The van der Waals surface area contributed by atoms with Crippen LogP contribution in [0.3, 0.4) is 0 Å². The molecule has 0 saturated carbocycles. The molecule has 0 saturated heterocycles. The van der Waals surface area contributed by atoms with E-state index in [2.05, 4.69) is 278 Å². The quantitative estimate of drug-likeness (QED) is 0.145. The number of halogens is 1. The SMILES string of the molecule is Cc1ccc(-c2cc[n+](C)c(-c3c(C)ccc4c3oc3ncccc34)c2)cc1.Cc1ccc2c(n1)oc1c(-c3cc(C)c(C)c[n+]3C)c(C)ccc12.Cc1ccc2c(oc3ncccc32)c1-c1cc(-c2ccc(F)cc2)cc[n+]1C.Cc1ccc2c(oc3ncccc32)c1-c1cc(-c2ccccc2)cc[n+]1C. The molecule has 0 atom stereocenters. The molecule has 0 N–H and O–H groups in total. The van der Waals surface area contributed by atoms with Crippen molar-refractivity contribution in [3.8, 4) is 78.4 Å². The highest BCUT2D eigenvalue weighted by Gasteiger charge is 2.27. The van der Waals surface area contributed by atoms with Gasteiger partial charge in [-0.15, -0.1) is 0 Å². The number of furan rings is 4. The van der Waals surface area contributed by atoms with E-state index in [4.69, 9.17) is 17.7 Å². The topological polar surface area (TPSA) is 120 Å². The lowest BCUT2D eigenvalue weighted by Crippen LogP contribution is -2.31. The van der Waals surface area contributed by atoms with Gasteiger partial charge in [0.25, 0.3) is 0 Å². The van der Waals surface area contributed by atoms with Crippen LogP contribution in [0.15, 0.2) is 279 Å². The van der Waals surface area contributed by atoms with E-state index in [0.717, 1.165) is 133 Å². The van der Waals surface area contributed by atoms with Gasteiger partial charge in [-0.25, -0.2) is 42.6 Å². The van der Waals surface area contributed by atoms with Gasteiger partial charge in [0.1, 0.15) is 34.0 Å². The average molecular weight is 1400 g/mol. The van der Waals surface area contributed by atoms with Gasteiger partial charge in [0.05, 0.1) is 22.3 Å². The van der Waals surface area contributed by atoms with E-state index in [9.17, 15) is 4.39 Å². The van der Waals surface area contributed by atoms with Crippen LogP contribution in [0.4, 0.5) is 4.39 Å². The van der Waals surface area contributed by atoms with Gasteiger partial charge >= 0.3 is 0 Å². The maximum absolute atomic E-state index is 13.3. The fraction of sp³-hybridized carbons (Fsp3) is 0.128. The third kappa shape index (κ3) is 12.9. The fourth-order valence-corrected chi connectivity index (χ4v) is 14.6. The third-order valence-corrected chi connectivity index (χ3v) is 20.6. The number of hydrogen-bond donors (Lipinski definition) is 0. The van der Waals surface area contributed by atoms with Crippen molar-refractivity contribution in [2.75, 3.05) is 0 Å². The molecule has 107 heavy (non-hydrogen) atoms. The van der Waals surface area contributed by atoms with Crippen LogP contribution in [0.1, 0.15) is 44.6 Å². The molecule has 19 aromatic rings. The van der Waals surface area contributed by atoms with E-state index >= 15 is 0 Å². The van der Waals surface area contributed by atoms with Crippen molar-refractivity contribution in [1.29, 1.82) is 0 Å². The molecule has 0 spiro atoms. The summed E-state index contributed by atoms with van der Waals surface area (Å²) < 4.78 is 46.6. The van der Waals surface area contributed by atoms with Crippen LogP contribution in [0.5, 0.6) is 0 Å². The number of aromatic nitrogens is 8. The Morgan fingerprint density at radius 1 is 0.280 bits per heavy atom. The summed E-state index contributed by atoms with van der Waals surface area (Å²) in [5, 5.41) is 8.56. The molecule has 12 aromatic heterocycles. The monoisotopic (exact) mass is 1400 g/mol. The number of hydrogen-bond acceptors (Lipinski definition) is 8. The molecule has 12 heterocycles. The predicted molar refractivity (Wildman–Crippen MR) is 427 cm³/mol. The fourth-order valence-electron chi connectivity index (χ4n) is 14.6. The van der Waals surface area contributed by atoms with E-state index in [-0.39, 0.29) is 5.82 Å². The number of fused-ring (bicyclic) bond motifs is 12. The van der Waals surface area contributed by atoms with Crippen molar-refractivity contribution in [2.24, 2.45) is 28.2 Å². The molecule has 0 fully saturated rings. The molecule has 0 bridgehead atoms. The molecule has 0 amide bonds. The summed E-state index contributed by atoms with van der Waals surface area (Å²) in [5.41, 5.74) is 31.4. The van der Waals surface area contributed by atoms with Crippen LogP contribution in [-0.2, 0) is 28.2 Å². The predicted octanol–water partition coefficient (Wildman–Crippen LogP) is 21.5. The van der Waals surface area contributed by atoms with E-state index in [1.807, 2.05) is 62.6 Å². The Kier molecular flexibility index (Phi) is 18.0. The molecule has 12 nitrogen and oxygen atoms in total. The molecule has 0 unspecified atom stereocenters. The third-order valence-electron chi connectivity index (χ3n) is 20.6. The Bertz CT molecular complexity index is 6460. The van der Waals surface area contributed by atoms with Crippen molar-refractivity contribution >= 4 is 88.3 Å². The van der Waals surface area contributed by atoms with E-state index < -0.39 is 0 Å². The summed E-state index contributed by atoms with van der Waals surface area (Å²) in [5.74, 6) is -0.235. The van der Waals surface area contributed by atoms with Gasteiger partial charge in [0.2, 0.25) is 45.6 Å². The molecular weight excluding hydrogens is 1320 g/mol. The minimum Gasteiger partial charge on any atom is -0.437 e. The Morgan fingerprint density at radius 2 is 0.626 bits per heavy atom. The lowest BCUT2D eigenvalue weighted by molar-refractivity contribution is -0.660. The zero-order valence-electron chi connectivity index (χ0n) is 61.9. The summed E-state index contributed by atoms with van der Waals surface area (Å²) in [4.78, 5) is 17.7. The number of aryl methyl sites for hydroxylation is 12. The highest BCUT2D eigenvalue weighted by molar-refractivity contribution is 6.12. The van der Waals surface area contributed by atoms with Gasteiger partial charge in [0.15, 0.2) is 47.1 Å². The average Bonchev–Trinajstić information content (AvgIpc) is 1.63. The Balaban J connectivity index is 0.000000109. The first-order valence-corrected chi connectivity index (χ1v) is 35.9. The van der Waals surface area contributed by atoms with Gasteiger partial charge in [0, 0.05) is 115 Å². The molecule has 522 valence electrons. The molecule has 0 aliphatic rings. The molecule has 0 radical (unpaired) electrons. The number of nitrogens with zero attached hydrogens (tertiary/aromatic N) is 8.